The van der Waals surface area contributed by atoms with Gasteiger partial charge in [0.15, 0.2) is 0 Å². The molecule has 0 rings (SSSR count). The first-order chi connectivity index (χ1) is 5.91. The van der Waals surface area contributed by atoms with Crippen LogP contribution >= 0.6 is 0 Å². The highest BCUT2D eigenvalue weighted by molar-refractivity contribution is 4.94. The second kappa shape index (κ2) is 10.5. The van der Waals surface area contributed by atoms with E-state index in [1.165, 1.54) is 0 Å². The van der Waals surface area contributed by atoms with E-state index >= 15 is 0 Å². The molecule has 0 bridgehead atoms. The van der Waals surface area contributed by atoms with Gasteiger partial charge < -0.3 is 10.1 Å². The van der Waals surface area contributed by atoms with Crippen LogP contribution in [0.2, 0.25) is 0 Å². The van der Waals surface area contributed by atoms with Crippen LogP contribution in [0, 0.1) is 11.8 Å². The summed E-state index contributed by atoms with van der Waals surface area (Å²) in [7, 11) is 0. The van der Waals surface area contributed by atoms with Crippen LogP contribution in [-0.4, -0.2) is 26.3 Å². The van der Waals surface area contributed by atoms with Gasteiger partial charge in [-0.05, 0) is 26.8 Å². The highest BCUT2D eigenvalue weighted by Gasteiger charge is 1.86. The van der Waals surface area contributed by atoms with E-state index in [0.29, 0.717) is 0 Å². The number of ether oxygens (including phenoxy) is 1. The first kappa shape index (κ1) is 11.5. The molecule has 0 aromatic carbocycles. The van der Waals surface area contributed by atoms with Gasteiger partial charge in [-0.15, -0.1) is 11.8 Å². The van der Waals surface area contributed by atoms with Crippen molar-refractivity contribution < 1.29 is 4.74 Å². The van der Waals surface area contributed by atoms with Crippen molar-refractivity contribution in [1.29, 1.82) is 0 Å². The number of hydrogen-bond acceptors (Lipinski definition) is 2. The van der Waals surface area contributed by atoms with E-state index in [0.717, 1.165) is 39.1 Å². The summed E-state index contributed by atoms with van der Waals surface area (Å²) in [6, 6.07) is 0. The maximum absolute atomic E-state index is 5.19. The van der Waals surface area contributed by atoms with Gasteiger partial charge >= 0.3 is 0 Å². The monoisotopic (exact) mass is 169 g/mol. The van der Waals surface area contributed by atoms with E-state index in [1.54, 1.807) is 0 Å². The summed E-state index contributed by atoms with van der Waals surface area (Å²) in [5, 5.41) is 3.30. The van der Waals surface area contributed by atoms with Gasteiger partial charge in [0.2, 0.25) is 0 Å². The highest BCUT2D eigenvalue weighted by atomic mass is 16.5. The van der Waals surface area contributed by atoms with E-state index in [1.807, 2.05) is 13.8 Å². The molecule has 0 aliphatic carbocycles. The molecule has 70 valence electrons. The third kappa shape index (κ3) is 9.48. The molecular formula is C10H19NO. The molecule has 0 heterocycles. The molecule has 0 aromatic heterocycles. The van der Waals surface area contributed by atoms with Gasteiger partial charge in [-0.1, -0.05) is 0 Å². The summed E-state index contributed by atoms with van der Waals surface area (Å²) in [6.07, 6.45) is 2.04. The molecule has 0 atom stereocenters. The van der Waals surface area contributed by atoms with Gasteiger partial charge in [0.05, 0.1) is 0 Å². The SMILES string of the molecule is CC#CCCNCCCOCC. The Kier molecular flexibility index (Phi) is 10.0. The second-order valence-corrected chi connectivity index (χ2v) is 2.48. The Bertz CT molecular complexity index is 135. The van der Waals surface area contributed by atoms with Crippen LogP contribution in [0.1, 0.15) is 26.7 Å². The normalized spacial score (nSPS) is 9.17. The van der Waals surface area contributed by atoms with Crippen LogP contribution in [-0.2, 0) is 4.74 Å². The molecule has 0 saturated heterocycles. The average Bonchev–Trinajstić information content (AvgIpc) is 2.10. The predicted octanol–water partition coefficient (Wildman–Crippen LogP) is 1.42. The molecule has 0 radical (unpaired) electrons. The Morgan fingerprint density at radius 1 is 1.33 bits per heavy atom. The molecular weight excluding hydrogens is 150 g/mol. The molecule has 0 spiro atoms. The van der Waals surface area contributed by atoms with Crippen LogP contribution in [0.5, 0.6) is 0 Å². The van der Waals surface area contributed by atoms with Crippen molar-refractivity contribution in [2.75, 3.05) is 26.3 Å². The van der Waals surface area contributed by atoms with E-state index in [9.17, 15) is 0 Å². The van der Waals surface area contributed by atoms with Crippen LogP contribution in [0.25, 0.3) is 0 Å². The predicted molar refractivity (Wildman–Crippen MR) is 52.0 cm³/mol. The van der Waals surface area contributed by atoms with Crippen LogP contribution in [0.3, 0.4) is 0 Å². The van der Waals surface area contributed by atoms with Crippen LogP contribution in [0.4, 0.5) is 0 Å². The smallest absolute Gasteiger partial charge is 0.0477 e. The van der Waals surface area contributed by atoms with Crippen molar-refractivity contribution in [1.82, 2.24) is 5.32 Å². The van der Waals surface area contributed by atoms with Gasteiger partial charge in [-0.2, -0.15) is 0 Å². The molecule has 0 saturated carbocycles. The Labute approximate surface area is 75.7 Å². The van der Waals surface area contributed by atoms with Gasteiger partial charge in [-0.25, -0.2) is 0 Å². The fraction of sp³-hybridized carbons (Fsp3) is 0.800. The first-order valence-corrected chi connectivity index (χ1v) is 4.60. The fourth-order valence-corrected chi connectivity index (χ4v) is 0.844. The molecule has 0 aliphatic rings. The molecule has 0 unspecified atom stereocenters. The molecule has 1 N–H and O–H groups in total. The van der Waals surface area contributed by atoms with Crippen molar-refractivity contribution in [3.05, 3.63) is 0 Å². The Morgan fingerprint density at radius 2 is 2.17 bits per heavy atom. The third-order valence-electron chi connectivity index (χ3n) is 1.45. The van der Waals surface area contributed by atoms with E-state index in [2.05, 4.69) is 17.2 Å². The maximum atomic E-state index is 5.19. The van der Waals surface area contributed by atoms with E-state index in [-0.39, 0.29) is 0 Å². The second-order valence-electron chi connectivity index (χ2n) is 2.48. The summed E-state index contributed by atoms with van der Waals surface area (Å²) < 4.78 is 5.19. The molecule has 0 amide bonds. The molecule has 0 fully saturated rings. The zero-order valence-electron chi connectivity index (χ0n) is 8.15. The standard InChI is InChI=1S/C10H19NO/c1-3-5-6-8-11-9-7-10-12-4-2/h11H,4,6-10H2,1-2H3. The minimum absolute atomic E-state index is 0.821. The molecule has 0 aromatic rings. The fourth-order valence-electron chi connectivity index (χ4n) is 0.844. The van der Waals surface area contributed by atoms with E-state index < -0.39 is 0 Å². The maximum Gasteiger partial charge on any atom is 0.0477 e. The minimum Gasteiger partial charge on any atom is -0.382 e. The quantitative estimate of drug-likeness (QED) is 0.459. The first-order valence-electron chi connectivity index (χ1n) is 4.60. The molecule has 0 aliphatic heterocycles. The summed E-state index contributed by atoms with van der Waals surface area (Å²) in [5.41, 5.74) is 0. The zero-order chi connectivity index (χ0) is 9.07. The number of nitrogens with one attached hydrogen (secondary N) is 1. The summed E-state index contributed by atoms with van der Waals surface area (Å²) in [5.74, 6) is 5.87. The van der Waals surface area contributed by atoms with Crippen LogP contribution < -0.4 is 5.32 Å². The number of rotatable bonds is 7. The zero-order valence-corrected chi connectivity index (χ0v) is 8.15. The molecule has 12 heavy (non-hydrogen) atoms. The van der Waals surface area contributed by atoms with Gasteiger partial charge in [0.25, 0.3) is 0 Å². The lowest BCUT2D eigenvalue weighted by molar-refractivity contribution is 0.145. The lowest BCUT2D eigenvalue weighted by Gasteiger charge is -2.01. The average molecular weight is 169 g/mol. The van der Waals surface area contributed by atoms with Crippen molar-refractivity contribution in [3.63, 3.8) is 0 Å². The van der Waals surface area contributed by atoms with Crippen molar-refractivity contribution in [2.24, 2.45) is 0 Å². The van der Waals surface area contributed by atoms with Crippen molar-refractivity contribution in [2.45, 2.75) is 26.7 Å². The Morgan fingerprint density at radius 3 is 2.83 bits per heavy atom. The van der Waals surface area contributed by atoms with Gasteiger partial charge in [-0.3, -0.25) is 0 Å². The van der Waals surface area contributed by atoms with Gasteiger partial charge in [0.1, 0.15) is 0 Å². The molecule has 2 nitrogen and oxygen atoms in total. The van der Waals surface area contributed by atoms with Crippen molar-refractivity contribution in [3.8, 4) is 11.8 Å². The topological polar surface area (TPSA) is 21.3 Å². The Balaban J connectivity index is 2.84. The minimum atomic E-state index is 0.821. The lowest BCUT2D eigenvalue weighted by Crippen LogP contribution is -2.17. The van der Waals surface area contributed by atoms with Crippen LogP contribution in [0.15, 0.2) is 0 Å². The number of hydrogen-bond donors (Lipinski definition) is 1. The van der Waals surface area contributed by atoms with Crippen molar-refractivity contribution >= 4 is 0 Å². The van der Waals surface area contributed by atoms with E-state index in [4.69, 9.17) is 4.74 Å². The summed E-state index contributed by atoms with van der Waals surface area (Å²) >= 11 is 0. The largest absolute Gasteiger partial charge is 0.382 e. The summed E-state index contributed by atoms with van der Waals surface area (Å²) in [6.45, 7) is 7.60. The third-order valence-corrected chi connectivity index (χ3v) is 1.45. The molecule has 2 heteroatoms. The Hall–Kier alpha value is -0.520. The van der Waals surface area contributed by atoms with Gasteiger partial charge in [0, 0.05) is 26.2 Å². The lowest BCUT2D eigenvalue weighted by atomic mass is 10.4. The summed E-state index contributed by atoms with van der Waals surface area (Å²) in [4.78, 5) is 0. The highest BCUT2D eigenvalue weighted by Crippen LogP contribution is 1.80.